The van der Waals surface area contributed by atoms with Gasteiger partial charge in [-0.3, -0.25) is 9.59 Å². The van der Waals surface area contributed by atoms with Crippen LogP contribution in [0, 0.1) is 35.4 Å². The number of hydrogen-bond donors (Lipinski definition) is 2. The summed E-state index contributed by atoms with van der Waals surface area (Å²) in [5.41, 5.74) is 0.779. The maximum absolute atomic E-state index is 12.9. The van der Waals surface area contributed by atoms with E-state index in [0.717, 1.165) is 17.4 Å². The van der Waals surface area contributed by atoms with Crippen LogP contribution in [-0.4, -0.2) is 24.9 Å². The largest absolute Gasteiger partial charge is 0.354 e. The summed E-state index contributed by atoms with van der Waals surface area (Å²) >= 11 is 0. The predicted molar refractivity (Wildman–Crippen MR) is 96.7 cm³/mol. The zero-order valence-corrected chi connectivity index (χ0v) is 15.0. The van der Waals surface area contributed by atoms with Gasteiger partial charge in [0.2, 0.25) is 11.8 Å². The average Bonchev–Trinajstić information content (AvgIpc) is 2.60. The molecule has 1 aromatic rings. The lowest BCUT2D eigenvalue weighted by Gasteiger charge is -2.53. The molecule has 0 heterocycles. The molecule has 0 aromatic heterocycles. The summed E-state index contributed by atoms with van der Waals surface area (Å²) in [5.74, 6) is 2.87. The van der Waals surface area contributed by atoms with Crippen molar-refractivity contribution in [3.8, 4) is 0 Å². The summed E-state index contributed by atoms with van der Waals surface area (Å²) in [4.78, 5) is 24.6. The highest BCUT2D eigenvalue weighted by molar-refractivity contribution is 5.80. The van der Waals surface area contributed by atoms with Crippen LogP contribution < -0.4 is 10.6 Å². The fourth-order valence-electron chi connectivity index (χ4n) is 5.71. The first kappa shape index (κ1) is 17.5. The van der Waals surface area contributed by atoms with Crippen molar-refractivity contribution in [3.63, 3.8) is 0 Å². The van der Waals surface area contributed by atoms with Crippen LogP contribution in [0.5, 0.6) is 0 Å². The monoisotopic (exact) mass is 358 g/mol. The van der Waals surface area contributed by atoms with E-state index < -0.39 is 0 Å². The molecule has 2 N–H and O–H groups in total. The topological polar surface area (TPSA) is 58.2 Å². The number of halogens is 1. The Balaban J connectivity index is 1.18. The fraction of sp³-hybridized carbons (Fsp3) is 0.619. The Morgan fingerprint density at radius 2 is 1.46 bits per heavy atom. The molecule has 0 atom stereocenters. The summed E-state index contributed by atoms with van der Waals surface area (Å²) < 4.78 is 12.9. The summed E-state index contributed by atoms with van der Waals surface area (Å²) in [5, 5.41) is 5.86. The molecule has 4 fully saturated rings. The molecule has 140 valence electrons. The van der Waals surface area contributed by atoms with Gasteiger partial charge >= 0.3 is 0 Å². The van der Waals surface area contributed by atoms with Gasteiger partial charge in [-0.1, -0.05) is 12.1 Å². The van der Waals surface area contributed by atoms with Gasteiger partial charge in [0.05, 0.1) is 6.42 Å². The first-order chi connectivity index (χ1) is 12.6. The van der Waals surface area contributed by atoms with E-state index in [1.165, 1.54) is 44.2 Å². The van der Waals surface area contributed by atoms with E-state index in [9.17, 15) is 14.0 Å². The SMILES string of the molecule is O=C(Cc1ccc(F)cc1)NCCNC(=O)C1C2CC3CC(C2)CC1C3. The van der Waals surface area contributed by atoms with Gasteiger partial charge in [0, 0.05) is 19.0 Å². The van der Waals surface area contributed by atoms with E-state index in [0.29, 0.717) is 24.9 Å². The summed E-state index contributed by atoms with van der Waals surface area (Å²) in [7, 11) is 0. The smallest absolute Gasteiger partial charge is 0.224 e. The number of amides is 2. The number of rotatable bonds is 6. The van der Waals surface area contributed by atoms with Crippen LogP contribution in [0.1, 0.15) is 37.7 Å². The normalized spacial score (nSPS) is 31.7. The van der Waals surface area contributed by atoms with Gasteiger partial charge in [0.25, 0.3) is 0 Å². The van der Waals surface area contributed by atoms with Crippen LogP contribution in [0.4, 0.5) is 4.39 Å². The molecule has 26 heavy (non-hydrogen) atoms. The number of benzene rings is 1. The van der Waals surface area contributed by atoms with E-state index in [4.69, 9.17) is 0 Å². The van der Waals surface area contributed by atoms with Crippen LogP contribution >= 0.6 is 0 Å². The Morgan fingerprint density at radius 1 is 0.885 bits per heavy atom. The first-order valence-electron chi connectivity index (χ1n) is 9.87. The van der Waals surface area contributed by atoms with Crippen molar-refractivity contribution in [3.05, 3.63) is 35.6 Å². The molecule has 4 aliphatic carbocycles. The molecule has 0 spiro atoms. The lowest BCUT2D eigenvalue weighted by molar-refractivity contribution is -0.138. The van der Waals surface area contributed by atoms with Crippen molar-refractivity contribution in [1.29, 1.82) is 0 Å². The van der Waals surface area contributed by atoms with Gasteiger partial charge in [0.15, 0.2) is 0 Å². The maximum Gasteiger partial charge on any atom is 0.224 e. The molecule has 5 rings (SSSR count). The summed E-state index contributed by atoms with van der Waals surface area (Å²) in [6, 6.07) is 5.94. The fourth-order valence-corrected chi connectivity index (χ4v) is 5.71. The molecule has 0 radical (unpaired) electrons. The third kappa shape index (κ3) is 3.76. The van der Waals surface area contributed by atoms with Crippen LogP contribution in [0.25, 0.3) is 0 Å². The lowest BCUT2D eigenvalue weighted by atomic mass is 9.51. The Bertz CT molecular complexity index is 645. The van der Waals surface area contributed by atoms with E-state index >= 15 is 0 Å². The summed E-state index contributed by atoms with van der Waals surface area (Å²) in [6.45, 7) is 0.899. The molecule has 2 amide bonds. The zero-order valence-electron chi connectivity index (χ0n) is 15.0. The van der Waals surface area contributed by atoms with Gasteiger partial charge in [-0.05, 0) is 73.5 Å². The van der Waals surface area contributed by atoms with E-state index in [1.54, 1.807) is 12.1 Å². The van der Waals surface area contributed by atoms with Crippen molar-refractivity contribution < 1.29 is 14.0 Å². The summed E-state index contributed by atoms with van der Waals surface area (Å²) in [6.07, 6.45) is 6.56. The molecule has 5 heteroatoms. The van der Waals surface area contributed by atoms with Crippen molar-refractivity contribution >= 4 is 11.8 Å². The van der Waals surface area contributed by atoms with Crippen LogP contribution in [0.3, 0.4) is 0 Å². The van der Waals surface area contributed by atoms with Crippen LogP contribution in [0.15, 0.2) is 24.3 Å². The number of hydrogen-bond acceptors (Lipinski definition) is 2. The highest BCUT2D eigenvalue weighted by Gasteiger charge is 2.50. The Kier molecular flexibility index (Phi) is 4.96. The van der Waals surface area contributed by atoms with Gasteiger partial charge in [-0.15, -0.1) is 0 Å². The quantitative estimate of drug-likeness (QED) is 0.768. The lowest BCUT2D eigenvalue weighted by Crippen LogP contribution is -2.51. The number of nitrogens with one attached hydrogen (secondary N) is 2. The van der Waals surface area contributed by atoms with Gasteiger partial charge in [-0.25, -0.2) is 4.39 Å². The molecular formula is C21H27FN2O2. The van der Waals surface area contributed by atoms with Crippen molar-refractivity contribution in [2.45, 2.75) is 38.5 Å². The first-order valence-corrected chi connectivity index (χ1v) is 9.87. The second kappa shape index (κ2) is 7.37. The molecule has 4 aliphatic rings. The molecular weight excluding hydrogens is 331 g/mol. The van der Waals surface area contributed by atoms with Crippen LogP contribution in [0.2, 0.25) is 0 Å². The average molecular weight is 358 g/mol. The number of carbonyl (C=O) groups excluding carboxylic acids is 2. The minimum Gasteiger partial charge on any atom is -0.354 e. The van der Waals surface area contributed by atoms with Crippen molar-refractivity contribution in [2.24, 2.45) is 29.6 Å². The molecule has 1 aromatic carbocycles. The highest BCUT2D eigenvalue weighted by Crippen LogP contribution is 2.56. The molecule has 0 unspecified atom stereocenters. The second-order valence-electron chi connectivity index (χ2n) is 8.40. The van der Waals surface area contributed by atoms with Gasteiger partial charge < -0.3 is 10.6 Å². The molecule has 4 saturated carbocycles. The highest BCUT2D eigenvalue weighted by atomic mass is 19.1. The third-order valence-electron chi connectivity index (χ3n) is 6.55. The van der Waals surface area contributed by atoms with E-state index in [-0.39, 0.29) is 30.0 Å². The minimum atomic E-state index is -0.304. The van der Waals surface area contributed by atoms with Crippen molar-refractivity contribution in [1.82, 2.24) is 10.6 Å². The zero-order chi connectivity index (χ0) is 18.1. The van der Waals surface area contributed by atoms with Gasteiger partial charge in [-0.2, -0.15) is 0 Å². The standard InChI is InChI=1S/C21H27FN2O2/c22-18-3-1-13(2-4-18)12-19(25)23-5-6-24-21(26)20-16-8-14-7-15(10-16)11-17(20)9-14/h1-4,14-17,20H,5-12H2,(H,23,25)(H,24,26). The minimum absolute atomic E-state index is 0.111. The Morgan fingerprint density at radius 3 is 2.08 bits per heavy atom. The second-order valence-corrected chi connectivity index (χ2v) is 8.40. The Hall–Kier alpha value is -1.91. The maximum atomic E-state index is 12.9. The number of carbonyl (C=O) groups is 2. The van der Waals surface area contributed by atoms with Crippen LogP contribution in [-0.2, 0) is 16.0 Å². The van der Waals surface area contributed by atoms with E-state index in [1.807, 2.05) is 0 Å². The predicted octanol–water partition coefficient (Wildman–Crippen LogP) is 2.67. The Labute approximate surface area is 153 Å². The van der Waals surface area contributed by atoms with E-state index in [2.05, 4.69) is 10.6 Å². The molecule has 4 nitrogen and oxygen atoms in total. The molecule has 0 saturated heterocycles. The molecule has 0 aliphatic heterocycles. The van der Waals surface area contributed by atoms with Crippen molar-refractivity contribution in [2.75, 3.05) is 13.1 Å². The van der Waals surface area contributed by atoms with Gasteiger partial charge in [0.1, 0.15) is 5.82 Å². The third-order valence-corrected chi connectivity index (χ3v) is 6.55. The molecule has 4 bridgehead atoms.